The summed E-state index contributed by atoms with van der Waals surface area (Å²) in [5.74, 6) is 0.239. The van der Waals surface area contributed by atoms with Crippen LogP contribution in [-0.4, -0.2) is 27.6 Å². The third-order valence-electron chi connectivity index (χ3n) is 3.73. The average molecular weight is 389 g/mol. The fourth-order valence-corrected chi connectivity index (χ4v) is 3.29. The topological polar surface area (TPSA) is 87.7 Å². The van der Waals surface area contributed by atoms with Crippen LogP contribution in [0.1, 0.15) is 17.0 Å². The molecule has 0 aliphatic heterocycles. The predicted molar refractivity (Wildman–Crippen MR) is 102 cm³/mol. The Bertz CT molecular complexity index is 940. The number of H-pyrrole nitrogens is 1. The number of carbonyl (C=O) groups is 1. The van der Waals surface area contributed by atoms with Crippen LogP contribution >= 0.6 is 22.9 Å². The van der Waals surface area contributed by atoms with Gasteiger partial charge in [0.1, 0.15) is 5.69 Å². The van der Waals surface area contributed by atoms with E-state index in [2.05, 4.69) is 20.5 Å². The second-order valence-corrected chi connectivity index (χ2v) is 7.11. The molecule has 0 saturated heterocycles. The molecule has 0 aliphatic rings. The highest BCUT2D eigenvalue weighted by atomic mass is 35.5. The molecule has 0 saturated carbocycles. The molecule has 3 aromatic rings. The number of carbonyl (C=O) groups excluding carboxylic acids is 1. The Labute approximate surface area is 159 Å². The summed E-state index contributed by atoms with van der Waals surface area (Å²) < 4.78 is 0. The Morgan fingerprint density at radius 2 is 2.08 bits per heavy atom. The molecule has 0 radical (unpaired) electrons. The zero-order chi connectivity index (χ0) is 18.4. The monoisotopic (exact) mass is 388 g/mol. The molecule has 0 fully saturated rings. The fourth-order valence-electron chi connectivity index (χ4n) is 2.39. The normalized spacial score (nSPS) is 10.7. The molecule has 2 aromatic heterocycles. The molecule has 6 nitrogen and oxygen atoms in total. The number of benzene rings is 1. The van der Waals surface area contributed by atoms with Crippen molar-refractivity contribution in [3.05, 3.63) is 67.7 Å². The van der Waals surface area contributed by atoms with Crippen LogP contribution in [0.3, 0.4) is 0 Å². The summed E-state index contributed by atoms with van der Waals surface area (Å²) in [4.78, 5) is 28.0. The molecule has 0 atom stereocenters. The van der Waals surface area contributed by atoms with E-state index in [1.54, 1.807) is 35.6 Å². The summed E-state index contributed by atoms with van der Waals surface area (Å²) >= 11 is 7.60. The van der Waals surface area contributed by atoms with Gasteiger partial charge in [-0.25, -0.2) is 0 Å². The average Bonchev–Trinajstić information content (AvgIpc) is 3.14. The highest BCUT2D eigenvalue weighted by molar-refractivity contribution is 7.09. The zero-order valence-corrected chi connectivity index (χ0v) is 15.4. The molecular weight excluding hydrogens is 372 g/mol. The van der Waals surface area contributed by atoms with E-state index in [-0.39, 0.29) is 30.0 Å². The van der Waals surface area contributed by atoms with E-state index in [4.69, 9.17) is 11.6 Å². The molecule has 134 valence electrons. The number of aromatic amines is 1. The van der Waals surface area contributed by atoms with Crippen molar-refractivity contribution in [1.29, 1.82) is 0 Å². The first-order valence-corrected chi connectivity index (χ1v) is 9.38. The lowest BCUT2D eigenvalue weighted by Gasteiger charge is -2.05. The zero-order valence-electron chi connectivity index (χ0n) is 13.9. The van der Waals surface area contributed by atoms with E-state index in [0.29, 0.717) is 23.0 Å². The van der Waals surface area contributed by atoms with Crippen LogP contribution in [0, 0.1) is 0 Å². The largest absolute Gasteiger partial charge is 0.356 e. The van der Waals surface area contributed by atoms with Crippen molar-refractivity contribution in [2.45, 2.75) is 19.3 Å². The minimum atomic E-state index is -0.346. The Hall–Kier alpha value is -2.51. The first-order valence-electron chi connectivity index (χ1n) is 8.13. The van der Waals surface area contributed by atoms with Crippen LogP contribution < -0.4 is 10.9 Å². The molecule has 0 unspecified atom stereocenters. The fraction of sp³-hybridized carbons (Fsp3) is 0.222. The van der Waals surface area contributed by atoms with Crippen molar-refractivity contribution in [1.82, 2.24) is 20.5 Å². The summed E-state index contributed by atoms with van der Waals surface area (Å²) in [6, 6.07) is 11.0. The maximum Gasteiger partial charge on any atom is 0.273 e. The molecule has 1 amide bonds. The molecule has 2 N–H and O–H groups in total. The van der Waals surface area contributed by atoms with Gasteiger partial charge in [0, 0.05) is 34.8 Å². The second kappa shape index (κ2) is 8.73. The minimum Gasteiger partial charge on any atom is -0.356 e. The molecule has 0 bridgehead atoms. The van der Waals surface area contributed by atoms with Crippen LogP contribution in [0.5, 0.6) is 0 Å². The van der Waals surface area contributed by atoms with Crippen LogP contribution in [0.2, 0.25) is 5.02 Å². The van der Waals surface area contributed by atoms with Gasteiger partial charge in [-0.3, -0.25) is 9.59 Å². The summed E-state index contributed by atoms with van der Waals surface area (Å²) in [7, 11) is 0. The first-order chi connectivity index (χ1) is 12.6. The summed E-state index contributed by atoms with van der Waals surface area (Å²) in [5.41, 5.74) is 0.575. The van der Waals surface area contributed by atoms with Crippen molar-refractivity contribution in [3.63, 3.8) is 0 Å². The van der Waals surface area contributed by atoms with Crippen molar-refractivity contribution >= 4 is 28.8 Å². The van der Waals surface area contributed by atoms with Gasteiger partial charge in [-0.2, -0.15) is 0 Å². The predicted octanol–water partition coefficient (Wildman–Crippen LogP) is 2.84. The Morgan fingerprint density at radius 3 is 2.81 bits per heavy atom. The van der Waals surface area contributed by atoms with Gasteiger partial charge in [-0.05, 0) is 30.0 Å². The maximum absolute atomic E-state index is 12.2. The van der Waals surface area contributed by atoms with E-state index < -0.39 is 0 Å². The third-order valence-corrected chi connectivity index (χ3v) is 4.90. The number of nitrogens with zero attached hydrogens (tertiary/aromatic N) is 2. The number of hydrogen-bond acceptors (Lipinski definition) is 5. The number of aryl methyl sites for hydroxylation is 1. The van der Waals surface area contributed by atoms with Gasteiger partial charge < -0.3 is 10.3 Å². The van der Waals surface area contributed by atoms with E-state index >= 15 is 0 Å². The minimum absolute atomic E-state index is 0.110. The van der Waals surface area contributed by atoms with Crippen LogP contribution in [0.4, 0.5) is 0 Å². The molecule has 2 heterocycles. The van der Waals surface area contributed by atoms with Gasteiger partial charge in [-0.15, -0.1) is 21.5 Å². The smallest absolute Gasteiger partial charge is 0.273 e. The summed E-state index contributed by atoms with van der Waals surface area (Å²) in [6.45, 7) is 0.578. The molecule has 0 aliphatic carbocycles. The second-order valence-electron chi connectivity index (χ2n) is 5.64. The lowest BCUT2D eigenvalue weighted by Crippen LogP contribution is -2.27. The number of thiophene rings is 1. The van der Waals surface area contributed by atoms with Crippen molar-refractivity contribution in [2.75, 3.05) is 6.54 Å². The summed E-state index contributed by atoms with van der Waals surface area (Å²) in [6.07, 6.45) is 1.24. The van der Waals surface area contributed by atoms with E-state index in [9.17, 15) is 9.59 Å². The molecule has 0 spiro atoms. The number of hydrogen-bond donors (Lipinski definition) is 2. The standard InChI is InChI=1S/C18H17ClN4O2S/c19-13-4-1-3-12(11-13)17-21-18(25)15(22-23-17)6-7-16(24)20-9-8-14-5-2-10-26-14/h1-5,10-11H,6-9H2,(H,20,24)(H,21,23,25). The summed E-state index contributed by atoms with van der Waals surface area (Å²) in [5, 5.41) is 13.4. The lowest BCUT2D eigenvalue weighted by atomic mass is 10.2. The Balaban J connectivity index is 1.53. The number of rotatable bonds is 7. The van der Waals surface area contributed by atoms with Gasteiger partial charge in [-0.1, -0.05) is 29.8 Å². The number of amides is 1. The van der Waals surface area contributed by atoms with Gasteiger partial charge in [0.05, 0.1) is 0 Å². The molecule has 3 rings (SSSR count). The number of nitrogens with one attached hydrogen (secondary N) is 2. The molecule has 8 heteroatoms. The quantitative estimate of drug-likeness (QED) is 0.651. The van der Waals surface area contributed by atoms with E-state index in [0.717, 1.165) is 6.42 Å². The maximum atomic E-state index is 12.2. The van der Waals surface area contributed by atoms with Crippen molar-refractivity contribution in [3.8, 4) is 11.4 Å². The Kier molecular flexibility index (Phi) is 6.14. The van der Waals surface area contributed by atoms with Gasteiger partial charge in [0.2, 0.25) is 5.91 Å². The molecule has 26 heavy (non-hydrogen) atoms. The van der Waals surface area contributed by atoms with Gasteiger partial charge in [0.25, 0.3) is 5.56 Å². The molecular formula is C18H17ClN4O2S. The van der Waals surface area contributed by atoms with Gasteiger partial charge >= 0.3 is 0 Å². The highest BCUT2D eigenvalue weighted by Crippen LogP contribution is 2.17. The number of aromatic nitrogens is 3. The van der Waals surface area contributed by atoms with Crippen LogP contribution in [-0.2, 0) is 17.6 Å². The van der Waals surface area contributed by atoms with E-state index in [1.165, 1.54) is 4.88 Å². The Morgan fingerprint density at radius 1 is 1.19 bits per heavy atom. The molecule has 1 aromatic carbocycles. The lowest BCUT2D eigenvalue weighted by molar-refractivity contribution is -0.121. The third kappa shape index (κ3) is 5.00. The van der Waals surface area contributed by atoms with Gasteiger partial charge in [0.15, 0.2) is 5.82 Å². The van der Waals surface area contributed by atoms with E-state index in [1.807, 2.05) is 17.5 Å². The van der Waals surface area contributed by atoms with Crippen molar-refractivity contribution < 1.29 is 4.79 Å². The SMILES string of the molecule is O=C(CCc1nnc(-c2cccc(Cl)c2)[nH]c1=O)NCCc1cccs1. The highest BCUT2D eigenvalue weighted by Gasteiger charge is 2.09. The number of halogens is 1. The van der Waals surface area contributed by atoms with Crippen LogP contribution in [0.25, 0.3) is 11.4 Å². The van der Waals surface area contributed by atoms with Crippen LogP contribution in [0.15, 0.2) is 46.6 Å². The van der Waals surface area contributed by atoms with Crippen molar-refractivity contribution in [2.24, 2.45) is 0 Å². The first kappa shape index (κ1) is 18.3.